The zero-order valence-electron chi connectivity index (χ0n) is 10.3. The molecule has 88 valence electrons. The lowest BCUT2D eigenvalue weighted by Gasteiger charge is -2.38. The van der Waals surface area contributed by atoms with Crippen molar-refractivity contribution in [1.29, 1.82) is 0 Å². The first-order valence-corrected chi connectivity index (χ1v) is 5.95. The summed E-state index contributed by atoms with van der Waals surface area (Å²) in [5.74, 6) is 0.768. The van der Waals surface area contributed by atoms with Crippen molar-refractivity contribution in [1.82, 2.24) is 4.90 Å². The monoisotopic (exact) mass is 212 g/mol. The average molecular weight is 212 g/mol. The minimum absolute atomic E-state index is 0.259. The number of amides is 1. The predicted molar refractivity (Wildman–Crippen MR) is 62.4 cm³/mol. The van der Waals surface area contributed by atoms with Gasteiger partial charge < -0.3 is 10.6 Å². The van der Waals surface area contributed by atoms with E-state index in [0.717, 1.165) is 32.5 Å². The molecular weight excluding hydrogens is 188 g/mol. The van der Waals surface area contributed by atoms with Crippen LogP contribution in [0.1, 0.15) is 40.0 Å². The van der Waals surface area contributed by atoms with Gasteiger partial charge in [0.15, 0.2) is 0 Å². The largest absolute Gasteiger partial charge is 0.343 e. The van der Waals surface area contributed by atoms with Gasteiger partial charge in [-0.3, -0.25) is 4.79 Å². The standard InChI is InChI=1S/C12H24N2O/c1-10(2)8-11(15)14-6-4-12(3,9-13)5-7-14/h10H,4-9,13H2,1-3H3. The van der Waals surface area contributed by atoms with Crippen molar-refractivity contribution in [2.24, 2.45) is 17.1 Å². The second kappa shape index (κ2) is 4.97. The molecule has 1 amide bonds. The molecular formula is C12H24N2O. The van der Waals surface area contributed by atoms with Gasteiger partial charge in [-0.05, 0) is 30.7 Å². The number of carbonyl (C=O) groups excluding carboxylic acids is 1. The van der Waals surface area contributed by atoms with E-state index in [-0.39, 0.29) is 5.41 Å². The summed E-state index contributed by atoms with van der Waals surface area (Å²) in [6.07, 6.45) is 2.78. The highest BCUT2D eigenvalue weighted by Gasteiger charge is 2.30. The number of likely N-dealkylation sites (tertiary alicyclic amines) is 1. The molecule has 0 unspecified atom stereocenters. The maximum Gasteiger partial charge on any atom is 0.222 e. The first kappa shape index (κ1) is 12.5. The zero-order valence-corrected chi connectivity index (χ0v) is 10.3. The first-order chi connectivity index (χ1) is 6.97. The Kier molecular flexibility index (Phi) is 4.14. The maximum atomic E-state index is 11.8. The summed E-state index contributed by atoms with van der Waals surface area (Å²) in [6, 6.07) is 0. The van der Waals surface area contributed by atoms with E-state index in [1.807, 2.05) is 4.90 Å². The average Bonchev–Trinajstić information content (AvgIpc) is 2.18. The van der Waals surface area contributed by atoms with Crippen LogP contribution < -0.4 is 5.73 Å². The lowest BCUT2D eigenvalue weighted by Crippen LogP contribution is -2.45. The number of rotatable bonds is 3. The van der Waals surface area contributed by atoms with Gasteiger partial charge in [0.25, 0.3) is 0 Å². The summed E-state index contributed by atoms with van der Waals surface area (Å²) in [4.78, 5) is 13.8. The molecule has 2 N–H and O–H groups in total. The first-order valence-electron chi connectivity index (χ1n) is 5.95. The molecule has 1 aliphatic heterocycles. The molecule has 0 atom stereocenters. The van der Waals surface area contributed by atoms with Gasteiger partial charge >= 0.3 is 0 Å². The van der Waals surface area contributed by atoms with Crippen LogP contribution in [0.3, 0.4) is 0 Å². The van der Waals surface area contributed by atoms with Gasteiger partial charge in [-0.25, -0.2) is 0 Å². The Morgan fingerprint density at radius 1 is 1.40 bits per heavy atom. The normalized spacial score (nSPS) is 20.7. The van der Waals surface area contributed by atoms with E-state index in [4.69, 9.17) is 5.73 Å². The Hall–Kier alpha value is -0.570. The Labute approximate surface area is 93.0 Å². The molecule has 1 heterocycles. The number of hydrogen-bond acceptors (Lipinski definition) is 2. The van der Waals surface area contributed by atoms with Gasteiger partial charge in [0.05, 0.1) is 0 Å². The van der Waals surface area contributed by atoms with Crippen molar-refractivity contribution in [2.45, 2.75) is 40.0 Å². The van der Waals surface area contributed by atoms with E-state index < -0.39 is 0 Å². The fourth-order valence-electron chi connectivity index (χ4n) is 1.98. The third kappa shape index (κ3) is 3.49. The summed E-state index contributed by atoms with van der Waals surface area (Å²) in [5, 5.41) is 0. The van der Waals surface area contributed by atoms with Crippen LogP contribution in [0.15, 0.2) is 0 Å². The van der Waals surface area contributed by atoms with Crippen molar-refractivity contribution >= 4 is 5.91 Å². The molecule has 0 aliphatic carbocycles. The smallest absolute Gasteiger partial charge is 0.222 e. The maximum absolute atomic E-state index is 11.8. The van der Waals surface area contributed by atoms with E-state index in [1.165, 1.54) is 0 Å². The van der Waals surface area contributed by atoms with Gasteiger partial charge in [0.2, 0.25) is 5.91 Å². The van der Waals surface area contributed by atoms with Crippen LogP contribution in [0, 0.1) is 11.3 Å². The minimum atomic E-state index is 0.259. The van der Waals surface area contributed by atoms with Crippen molar-refractivity contribution in [3.8, 4) is 0 Å². The van der Waals surface area contributed by atoms with Gasteiger partial charge in [0.1, 0.15) is 0 Å². The molecule has 0 aromatic rings. The van der Waals surface area contributed by atoms with Crippen molar-refractivity contribution in [3.63, 3.8) is 0 Å². The van der Waals surface area contributed by atoms with Crippen LogP contribution in [0.25, 0.3) is 0 Å². The van der Waals surface area contributed by atoms with Crippen molar-refractivity contribution in [3.05, 3.63) is 0 Å². The summed E-state index contributed by atoms with van der Waals surface area (Å²) < 4.78 is 0. The van der Waals surface area contributed by atoms with Crippen LogP contribution in [-0.2, 0) is 4.79 Å². The lowest BCUT2D eigenvalue weighted by atomic mass is 9.80. The SMILES string of the molecule is CC(C)CC(=O)N1CCC(C)(CN)CC1. The van der Waals surface area contributed by atoms with E-state index >= 15 is 0 Å². The molecule has 0 radical (unpaired) electrons. The third-order valence-corrected chi connectivity index (χ3v) is 3.40. The van der Waals surface area contributed by atoms with E-state index in [2.05, 4.69) is 20.8 Å². The molecule has 0 aromatic heterocycles. The minimum Gasteiger partial charge on any atom is -0.343 e. The van der Waals surface area contributed by atoms with Crippen molar-refractivity contribution < 1.29 is 4.79 Å². The predicted octanol–water partition coefficient (Wildman–Crippen LogP) is 1.62. The lowest BCUT2D eigenvalue weighted by molar-refractivity contribution is -0.134. The molecule has 3 nitrogen and oxygen atoms in total. The molecule has 3 heteroatoms. The summed E-state index contributed by atoms with van der Waals surface area (Å²) in [5.41, 5.74) is 5.99. The van der Waals surface area contributed by atoms with Crippen LogP contribution in [-0.4, -0.2) is 30.4 Å². The topological polar surface area (TPSA) is 46.3 Å². The van der Waals surface area contributed by atoms with Gasteiger partial charge in [-0.2, -0.15) is 0 Å². The Bertz CT molecular complexity index is 218. The third-order valence-electron chi connectivity index (χ3n) is 3.40. The molecule has 0 aromatic carbocycles. The quantitative estimate of drug-likeness (QED) is 0.772. The summed E-state index contributed by atoms with van der Waals surface area (Å²) in [7, 11) is 0. The van der Waals surface area contributed by atoms with Crippen LogP contribution >= 0.6 is 0 Å². The summed E-state index contributed by atoms with van der Waals surface area (Å²) in [6.45, 7) is 8.91. The molecule has 1 fully saturated rings. The number of nitrogens with zero attached hydrogens (tertiary/aromatic N) is 1. The second-order valence-electron chi connectivity index (χ2n) is 5.49. The molecule has 1 aliphatic rings. The van der Waals surface area contributed by atoms with Gasteiger partial charge in [0, 0.05) is 19.5 Å². The Balaban J connectivity index is 2.40. The fraction of sp³-hybridized carbons (Fsp3) is 0.917. The molecule has 15 heavy (non-hydrogen) atoms. The highest BCUT2D eigenvalue weighted by atomic mass is 16.2. The van der Waals surface area contributed by atoms with E-state index in [0.29, 0.717) is 18.2 Å². The number of piperidine rings is 1. The number of hydrogen-bond donors (Lipinski definition) is 1. The van der Waals surface area contributed by atoms with Crippen molar-refractivity contribution in [2.75, 3.05) is 19.6 Å². The van der Waals surface area contributed by atoms with Gasteiger partial charge in [-0.15, -0.1) is 0 Å². The Morgan fingerprint density at radius 2 is 1.93 bits per heavy atom. The summed E-state index contributed by atoms with van der Waals surface area (Å²) >= 11 is 0. The molecule has 1 saturated heterocycles. The molecule has 0 spiro atoms. The van der Waals surface area contributed by atoms with E-state index in [9.17, 15) is 4.79 Å². The highest BCUT2D eigenvalue weighted by molar-refractivity contribution is 5.76. The highest BCUT2D eigenvalue weighted by Crippen LogP contribution is 2.29. The van der Waals surface area contributed by atoms with Crippen LogP contribution in [0.5, 0.6) is 0 Å². The zero-order chi connectivity index (χ0) is 11.5. The van der Waals surface area contributed by atoms with Crippen LogP contribution in [0.2, 0.25) is 0 Å². The second-order valence-corrected chi connectivity index (χ2v) is 5.49. The van der Waals surface area contributed by atoms with E-state index in [1.54, 1.807) is 0 Å². The number of carbonyl (C=O) groups is 1. The molecule has 0 saturated carbocycles. The van der Waals surface area contributed by atoms with Gasteiger partial charge in [-0.1, -0.05) is 20.8 Å². The Morgan fingerprint density at radius 3 is 2.33 bits per heavy atom. The number of nitrogens with two attached hydrogens (primary N) is 1. The molecule has 1 rings (SSSR count). The fourth-order valence-corrected chi connectivity index (χ4v) is 1.98. The van der Waals surface area contributed by atoms with Crippen LogP contribution in [0.4, 0.5) is 0 Å². The molecule has 0 bridgehead atoms.